The van der Waals surface area contributed by atoms with Gasteiger partial charge in [0, 0.05) is 39.4 Å². The number of rotatable bonds is 6. The molecule has 1 N–H and O–H groups in total. The van der Waals surface area contributed by atoms with E-state index in [2.05, 4.69) is 33.4 Å². The van der Waals surface area contributed by atoms with Crippen molar-refractivity contribution >= 4 is 29.9 Å². The van der Waals surface area contributed by atoms with E-state index in [1.54, 1.807) is 17.4 Å². The van der Waals surface area contributed by atoms with E-state index < -0.39 is 17.7 Å². The summed E-state index contributed by atoms with van der Waals surface area (Å²) in [5.41, 5.74) is 5.28. The number of nitrogens with zero attached hydrogens (tertiary/aromatic N) is 5. The number of aromatic nitrogens is 3. The summed E-state index contributed by atoms with van der Waals surface area (Å²) in [5, 5.41) is 2.96. The second kappa shape index (κ2) is 12.4. The number of allylic oxidation sites excluding steroid dienone is 1. The molecule has 44 heavy (non-hydrogen) atoms. The van der Waals surface area contributed by atoms with Gasteiger partial charge in [-0.2, -0.15) is 0 Å². The van der Waals surface area contributed by atoms with Crippen LogP contribution in [0.25, 0.3) is 6.08 Å². The lowest BCUT2D eigenvalue weighted by Crippen LogP contribution is -2.51. The highest BCUT2D eigenvalue weighted by atomic mass is 35.5. The molecule has 2 aromatic rings. The second-order valence-electron chi connectivity index (χ2n) is 13.0. The van der Waals surface area contributed by atoms with Crippen molar-refractivity contribution in [2.45, 2.75) is 63.1 Å². The molecule has 234 valence electrons. The Morgan fingerprint density at radius 1 is 1.18 bits per heavy atom. The number of fused-ring (bicyclic) bond motifs is 1. The summed E-state index contributed by atoms with van der Waals surface area (Å²) in [7, 11) is 1.92. The molecule has 0 radical (unpaired) electrons. The van der Waals surface area contributed by atoms with Gasteiger partial charge in [0.2, 0.25) is 0 Å². The quantitative estimate of drug-likeness (QED) is 0.423. The molecule has 2 aromatic heterocycles. The smallest absolute Gasteiger partial charge is 0.410 e. The molecule has 10 nitrogen and oxygen atoms in total. The van der Waals surface area contributed by atoms with Crippen LogP contribution in [0.1, 0.15) is 69.1 Å². The Morgan fingerprint density at radius 2 is 1.95 bits per heavy atom. The largest absolute Gasteiger partial charge is 0.449 e. The SMILES string of the molecule is Cn1cncc1C(NC(=O)OCC1CC1)C1=Cc2cccnc2C(N2CCN(C(=O)OC(C)(C)C)CC2)C2=C1CC(Cl)C=C2. The Hall–Kier alpha value is -3.63. The highest BCUT2D eigenvalue weighted by Gasteiger charge is 2.38. The summed E-state index contributed by atoms with van der Waals surface area (Å²) < 4.78 is 13.2. The number of ether oxygens (including phenoxy) is 2. The summed E-state index contributed by atoms with van der Waals surface area (Å²) in [5.74, 6) is 0.456. The van der Waals surface area contributed by atoms with Gasteiger partial charge < -0.3 is 24.3 Å². The van der Waals surface area contributed by atoms with Gasteiger partial charge in [-0.1, -0.05) is 18.2 Å². The Balaban J connectivity index is 1.37. The number of carbonyl (C=O) groups is 2. The predicted octanol–water partition coefficient (Wildman–Crippen LogP) is 5.55. The monoisotopic (exact) mass is 620 g/mol. The predicted molar refractivity (Wildman–Crippen MR) is 168 cm³/mol. The number of carbonyl (C=O) groups excluding carboxylic acids is 2. The number of alkyl halides is 1. The average Bonchev–Trinajstić information content (AvgIpc) is 3.74. The third-order valence-corrected chi connectivity index (χ3v) is 8.82. The number of pyridine rings is 1. The third kappa shape index (κ3) is 6.71. The normalized spacial score (nSPS) is 22.8. The van der Waals surface area contributed by atoms with Crippen molar-refractivity contribution in [2.24, 2.45) is 13.0 Å². The van der Waals surface area contributed by atoms with E-state index in [-0.39, 0.29) is 17.5 Å². The number of hydrogen-bond donors (Lipinski definition) is 1. The first kappa shape index (κ1) is 30.4. The van der Waals surface area contributed by atoms with E-state index in [9.17, 15) is 9.59 Å². The lowest BCUT2D eigenvalue weighted by Gasteiger charge is -2.41. The molecule has 3 heterocycles. The molecule has 4 aliphatic rings. The first-order valence-corrected chi connectivity index (χ1v) is 15.8. The van der Waals surface area contributed by atoms with Gasteiger partial charge in [-0.15, -0.1) is 11.6 Å². The van der Waals surface area contributed by atoms with Crippen LogP contribution in [0, 0.1) is 5.92 Å². The maximum atomic E-state index is 13.2. The second-order valence-corrected chi connectivity index (χ2v) is 13.6. The number of nitrogens with one attached hydrogen (secondary N) is 1. The van der Waals surface area contributed by atoms with Gasteiger partial charge in [-0.3, -0.25) is 9.88 Å². The number of halogens is 1. The maximum absolute atomic E-state index is 13.2. The molecular weight excluding hydrogens is 580 g/mol. The number of piperazine rings is 1. The first-order chi connectivity index (χ1) is 21.1. The number of imidazole rings is 1. The highest BCUT2D eigenvalue weighted by molar-refractivity contribution is 6.22. The zero-order valence-corrected chi connectivity index (χ0v) is 26.6. The molecule has 0 aromatic carbocycles. The van der Waals surface area contributed by atoms with Gasteiger partial charge in [0.15, 0.2) is 0 Å². The van der Waals surface area contributed by atoms with Gasteiger partial charge in [-0.25, -0.2) is 14.6 Å². The summed E-state index contributed by atoms with van der Waals surface area (Å²) in [6.07, 6.45) is 13.7. The minimum Gasteiger partial charge on any atom is -0.449 e. The topological polar surface area (TPSA) is 102 Å². The fourth-order valence-electron chi connectivity index (χ4n) is 6.12. The molecule has 3 aliphatic carbocycles. The van der Waals surface area contributed by atoms with Gasteiger partial charge in [0.05, 0.1) is 48.0 Å². The minimum absolute atomic E-state index is 0.162. The summed E-state index contributed by atoms with van der Waals surface area (Å²) >= 11 is 6.80. The minimum atomic E-state index is -0.548. The fourth-order valence-corrected chi connectivity index (χ4v) is 6.35. The number of amides is 2. The standard InChI is InChI=1S/C33H41ClN6O4/c1-33(2,3)44-32(42)40-14-12-39(13-15-40)30-24-10-9-23(34)17-25(24)26(16-22-6-5-11-36-28(22)30)29(27-18-35-20-38(27)4)37-31(41)43-19-21-7-8-21/h5-6,9-11,16,18,20-21,23,29-30H,7-8,12-15,17,19H2,1-4H3,(H,37,41). The molecule has 1 saturated carbocycles. The van der Waals surface area contributed by atoms with Crippen molar-refractivity contribution in [3.63, 3.8) is 0 Å². The zero-order valence-electron chi connectivity index (χ0n) is 25.8. The van der Waals surface area contributed by atoms with Crippen LogP contribution in [0.15, 0.2) is 59.7 Å². The van der Waals surface area contributed by atoms with Crippen LogP contribution in [-0.2, 0) is 16.5 Å². The van der Waals surface area contributed by atoms with E-state index in [1.165, 1.54) is 0 Å². The van der Waals surface area contributed by atoms with Crippen molar-refractivity contribution in [3.05, 3.63) is 76.7 Å². The third-order valence-electron chi connectivity index (χ3n) is 8.52. The molecular formula is C33H41ClN6O4. The van der Waals surface area contributed by atoms with Crippen molar-refractivity contribution in [1.29, 1.82) is 0 Å². The Labute approximate surface area is 263 Å². The van der Waals surface area contributed by atoms with Crippen LogP contribution < -0.4 is 5.32 Å². The van der Waals surface area contributed by atoms with Crippen molar-refractivity contribution in [1.82, 2.24) is 29.7 Å². The molecule has 1 saturated heterocycles. The lowest BCUT2D eigenvalue weighted by molar-refractivity contribution is 0.0117. The molecule has 2 amide bonds. The van der Waals surface area contributed by atoms with Crippen LogP contribution in [0.2, 0.25) is 0 Å². The fraction of sp³-hybridized carbons (Fsp3) is 0.515. The number of alkyl carbamates (subject to hydrolysis) is 1. The van der Waals surface area contributed by atoms with E-state index in [0.717, 1.165) is 46.5 Å². The molecule has 3 unspecified atom stereocenters. The van der Waals surface area contributed by atoms with Crippen LogP contribution in [0.5, 0.6) is 0 Å². The molecule has 3 atom stereocenters. The van der Waals surface area contributed by atoms with Crippen LogP contribution in [0.4, 0.5) is 9.59 Å². The summed E-state index contributed by atoms with van der Waals surface area (Å²) in [4.78, 5) is 39.4. The van der Waals surface area contributed by atoms with Gasteiger partial charge in [0.25, 0.3) is 0 Å². The van der Waals surface area contributed by atoms with Crippen LogP contribution in [-0.4, -0.2) is 80.3 Å². The Morgan fingerprint density at radius 3 is 2.64 bits per heavy atom. The summed E-state index contributed by atoms with van der Waals surface area (Å²) in [6, 6.07) is 3.32. The van der Waals surface area contributed by atoms with Crippen LogP contribution in [0.3, 0.4) is 0 Å². The van der Waals surface area contributed by atoms with Crippen molar-refractivity contribution < 1.29 is 19.1 Å². The van der Waals surface area contributed by atoms with Gasteiger partial charge in [0.1, 0.15) is 5.60 Å². The summed E-state index contributed by atoms with van der Waals surface area (Å²) in [6.45, 7) is 8.47. The average molecular weight is 621 g/mol. The van der Waals surface area contributed by atoms with Crippen molar-refractivity contribution in [3.8, 4) is 0 Å². The molecule has 0 spiro atoms. The number of aryl methyl sites for hydroxylation is 1. The highest BCUT2D eigenvalue weighted by Crippen LogP contribution is 2.46. The Bertz CT molecular complexity index is 1500. The lowest BCUT2D eigenvalue weighted by atomic mass is 9.84. The molecule has 11 heteroatoms. The number of hydrogen-bond acceptors (Lipinski definition) is 7. The molecule has 1 aliphatic heterocycles. The maximum Gasteiger partial charge on any atom is 0.410 e. The molecule has 2 fully saturated rings. The van der Waals surface area contributed by atoms with E-state index in [0.29, 0.717) is 45.1 Å². The van der Waals surface area contributed by atoms with Gasteiger partial charge >= 0.3 is 12.2 Å². The zero-order chi connectivity index (χ0) is 31.0. The van der Waals surface area contributed by atoms with Crippen molar-refractivity contribution in [2.75, 3.05) is 32.8 Å². The molecule has 0 bridgehead atoms. The van der Waals surface area contributed by atoms with E-state index >= 15 is 0 Å². The van der Waals surface area contributed by atoms with E-state index in [4.69, 9.17) is 26.1 Å². The van der Waals surface area contributed by atoms with E-state index in [1.807, 2.05) is 50.7 Å². The van der Waals surface area contributed by atoms with Crippen LogP contribution >= 0.6 is 11.6 Å². The first-order valence-electron chi connectivity index (χ1n) is 15.4. The van der Waals surface area contributed by atoms with Gasteiger partial charge in [-0.05, 0) is 80.4 Å². The molecule has 6 rings (SSSR count). The Kier molecular flexibility index (Phi) is 8.57.